The van der Waals surface area contributed by atoms with Crippen molar-refractivity contribution in [3.05, 3.63) is 18.2 Å². The summed E-state index contributed by atoms with van der Waals surface area (Å²) in [4.78, 5) is 29.1. The third-order valence-corrected chi connectivity index (χ3v) is 5.72. The van der Waals surface area contributed by atoms with Gasteiger partial charge in [-0.05, 0) is 30.9 Å². The molecule has 2 saturated heterocycles. The summed E-state index contributed by atoms with van der Waals surface area (Å²) in [5, 5.41) is 0. The lowest BCUT2D eigenvalue weighted by Gasteiger charge is -2.33. The van der Waals surface area contributed by atoms with Gasteiger partial charge in [-0.15, -0.1) is 0 Å². The SMILES string of the molecule is CCC1CCCN(C(=O)C2CC(=O)N(c3ccc4c(c3)OCCO4)C2)C1. The van der Waals surface area contributed by atoms with Crippen molar-refractivity contribution >= 4 is 17.5 Å². The Morgan fingerprint density at radius 3 is 2.81 bits per heavy atom. The Morgan fingerprint density at radius 1 is 1.19 bits per heavy atom. The first kappa shape index (κ1) is 17.2. The first-order valence-corrected chi connectivity index (χ1v) is 9.64. The number of likely N-dealkylation sites (tertiary alicyclic amines) is 1. The number of nitrogens with zero attached hydrogens (tertiary/aromatic N) is 2. The molecule has 6 heteroatoms. The minimum Gasteiger partial charge on any atom is -0.486 e. The smallest absolute Gasteiger partial charge is 0.228 e. The molecule has 2 fully saturated rings. The Labute approximate surface area is 154 Å². The maximum absolute atomic E-state index is 12.9. The van der Waals surface area contributed by atoms with E-state index in [9.17, 15) is 9.59 Å². The molecule has 140 valence electrons. The van der Waals surface area contributed by atoms with Crippen LogP contribution in [0.5, 0.6) is 11.5 Å². The molecule has 26 heavy (non-hydrogen) atoms. The van der Waals surface area contributed by atoms with Crippen LogP contribution in [0.2, 0.25) is 0 Å². The van der Waals surface area contributed by atoms with Gasteiger partial charge in [-0.1, -0.05) is 13.3 Å². The standard InChI is InChI=1S/C20H26N2O4/c1-2-14-4-3-7-21(12-14)20(24)15-10-19(23)22(13-15)16-5-6-17-18(11-16)26-9-8-25-17/h5-6,11,14-15H,2-4,7-10,12-13H2,1H3. The van der Waals surface area contributed by atoms with Gasteiger partial charge in [0.25, 0.3) is 0 Å². The van der Waals surface area contributed by atoms with Crippen LogP contribution in [0.3, 0.4) is 0 Å². The molecule has 0 saturated carbocycles. The topological polar surface area (TPSA) is 59.1 Å². The second kappa shape index (κ2) is 7.17. The molecule has 6 nitrogen and oxygen atoms in total. The average Bonchev–Trinajstić information content (AvgIpc) is 3.08. The lowest BCUT2D eigenvalue weighted by atomic mass is 9.94. The molecule has 0 N–H and O–H groups in total. The molecular weight excluding hydrogens is 332 g/mol. The molecule has 3 aliphatic heterocycles. The van der Waals surface area contributed by atoms with E-state index in [1.807, 2.05) is 23.1 Å². The van der Waals surface area contributed by atoms with Gasteiger partial charge in [-0.3, -0.25) is 9.59 Å². The monoisotopic (exact) mass is 358 g/mol. The number of carbonyl (C=O) groups is 2. The quantitative estimate of drug-likeness (QED) is 0.833. The minimum absolute atomic E-state index is 0.00378. The van der Waals surface area contributed by atoms with Crippen molar-refractivity contribution in [2.45, 2.75) is 32.6 Å². The normalized spacial score (nSPS) is 25.5. The van der Waals surface area contributed by atoms with E-state index in [2.05, 4.69) is 6.92 Å². The highest BCUT2D eigenvalue weighted by molar-refractivity contribution is 6.00. The number of benzene rings is 1. The molecule has 0 aromatic heterocycles. The van der Waals surface area contributed by atoms with Gasteiger partial charge in [0.15, 0.2) is 11.5 Å². The van der Waals surface area contributed by atoms with Crippen LogP contribution in [-0.4, -0.2) is 49.6 Å². The molecule has 1 aromatic carbocycles. The van der Waals surface area contributed by atoms with E-state index in [1.54, 1.807) is 4.90 Å². The van der Waals surface area contributed by atoms with E-state index in [1.165, 1.54) is 6.42 Å². The summed E-state index contributed by atoms with van der Waals surface area (Å²) in [7, 11) is 0. The Balaban J connectivity index is 1.46. The predicted octanol–water partition coefficient (Wildman–Crippen LogP) is 2.46. The number of fused-ring (bicyclic) bond motifs is 1. The number of hydrogen-bond acceptors (Lipinski definition) is 4. The van der Waals surface area contributed by atoms with Crippen LogP contribution in [-0.2, 0) is 9.59 Å². The van der Waals surface area contributed by atoms with E-state index in [-0.39, 0.29) is 17.7 Å². The molecular formula is C20H26N2O4. The Hall–Kier alpha value is -2.24. The summed E-state index contributed by atoms with van der Waals surface area (Å²) in [5.41, 5.74) is 0.777. The van der Waals surface area contributed by atoms with Gasteiger partial charge < -0.3 is 19.3 Å². The third kappa shape index (κ3) is 3.24. The number of piperidine rings is 1. The van der Waals surface area contributed by atoms with Crippen molar-refractivity contribution in [3.63, 3.8) is 0 Å². The van der Waals surface area contributed by atoms with Crippen LogP contribution >= 0.6 is 0 Å². The summed E-state index contributed by atoms with van der Waals surface area (Å²) >= 11 is 0. The summed E-state index contributed by atoms with van der Waals surface area (Å²) < 4.78 is 11.2. The zero-order valence-electron chi connectivity index (χ0n) is 15.3. The summed E-state index contributed by atoms with van der Waals surface area (Å²) in [6.45, 7) is 5.35. The third-order valence-electron chi connectivity index (χ3n) is 5.72. The van der Waals surface area contributed by atoms with E-state index in [0.717, 1.165) is 31.6 Å². The van der Waals surface area contributed by atoms with Crippen molar-refractivity contribution in [1.82, 2.24) is 4.90 Å². The lowest BCUT2D eigenvalue weighted by Crippen LogP contribution is -2.43. The largest absolute Gasteiger partial charge is 0.486 e. The van der Waals surface area contributed by atoms with Crippen molar-refractivity contribution in [2.24, 2.45) is 11.8 Å². The molecule has 2 atom stereocenters. The van der Waals surface area contributed by atoms with E-state index in [4.69, 9.17) is 9.47 Å². The maximum Gasteiger partial charge on any atom is 0.228 e. The fraction of sp³-hybridized carbons (Fsp3) is 0.600. The molecule has 4 rings (SSSR count). The molecule has 3 heterocycles. The van der Waals surface area contributed by atoms with Crippen LogP contribution in [0.4, 0.5) is 5.69 Å². The van der Waals surface area contributed by atoms with Crippen LogP contribution in [0.15, 0.2) is 18.2 Å². The first-order valence-electron chi connectivity index (χ1n) is 9.64. The molecule has 2 amide bonds. The van der Waals surface area contributed by atoms with Crippen molar-refractivity contribution in [3.8, 4) is 11.5 Å². The minimum atomic E-state index is -0.244. The molecule has 2 unspecified atom stereocenters. The second-order valence-electron chi connectivity index (χ2n) is 7.43. The molecule has 0 radical (unpaired) electrons. The fourth-order valence-electron chi connectivity index (χ4n) is 4.18. The lowest BCUT2D eigenvalue weighted by molar-refractivity contribution is -0.137. The molecule has 0 spiro atoms. The summed E-state index contributed by atoms with van der Waals surface area (Å²) in [6, 6.07) is 5.54. The second-order valence-corrected chi connectivity index (χ2v) is 7.43. The number of carbonyl (C=O) groups excluding carboxylic acids is 2. The van der Waals surface area contributed by atoms with E-state index in [0.29, 0.717) is 43.6 Å². The average molecular weight is 358 g/mol. The highest BCUT2D eigenvalue weighted by Crippen LogP contribution is 2.36. The first-order chi connectivity index (χ1) is 12.7. The Morgan fingerprint density at radius 2 is 2.00 bits per heavy atom. The molecule has 3 aliphatic rings. The fourth-order valence-corrected chi connectivity index (χ4v) is 4.18. The van der Waals surface area contributed by atoms with Gasteiger partial charge in [-0.25, -0.2) is 0 Å². The van der Waals surface area contributed by atoms with E-state index < -0.39 is 0 Å². The number of rotatable bonds is 3. The highest BCUT2D eigenvalue weighted by atomic mass is 16.6. The molecule has 0 aliphatic carbocycles. The Bertz CT molecular complexity index is 705. The number of amides is 2. The number of hydrogen-bond donors (Lipinski definition) is 0. The maximum atomic E-state index is 12.9. The van der Waals surface area contributed by atoms with Crippen molar-refractivity contribution in [1.29, 1.82) is 0 Å². The zero-order valence-corrected chi connectivity index (χ0v) is 15.3. The van der Waals surface area contributed by atoms with Gasteiger partial charge in [0.05, 0.1) is 5.92 Å². The predicted molar refractivity (Wildman–Crippen MR) is 97.5 cm³/mol. The van der Waals surface area contributed by atoms with Gasteiger partial charge in [-0.2, -0.15) is 0 Å². The van der Waals surface area contributed by atoms with Crippen molar-refractivity contribution < 1.29 is 19.1 Å². The molecule has 0 bridgehead atoms. The van der Waals surface area contributed by atoms with Gasteiger partial charge in [0.1, 0.15) is 13.2 Å². The van der Waals surface area contributed by atoms with Gasteiger partial charge in [0, 0.05) is 37.8 Å². The van der Waals surface area contributed by atoms with Gasteiger partial charge >= 0.3 is 0 Å². The van der Waals surface area contributed by atoms with Crippen LogP contribution in [0.1, 0.15) is 32.6 Å². The number of ether oxygens (including phenoxy) is 2. The Kier molecular flexibility index (Phi) is 4.74. The van der Waals surface area contributed by atoms with Crippen LogP contribution in [0.25, 0.3) is 0 Å². The zero-order chi connectivity index (χ0) is 18.1. The van der Waals surface area contributed by atoms with Crippen LogP contribution in [0, 0.1) is 11.8 Å². The highest BCUT2D eigenvalue weighted by Gasteiger charge is 2.38. The molecule has 1 aromatic rings. The van der Waals surface area contributed by atoms with Gasteiger partial charge in [0.2, 0.25) is 11.8 Å². The van der Waals surface area contributed by atoms with Crippen molar-refractivity contribution in [2.75, 3.05) is 37.7 Å². The summed E-state index contributed by atoms with van der Waals surface area (Å²) in [5.74, 6) is 1.86. The van der Waals surface area contributed by atoms with E-state index >= 15 is 0 Å². The van der Waals surface area contributed by atoms with Crippen LogP contribution < -0.4 is 14.4 Å². The number of anilines is 1. The summed E-state index contributed by atoms with van der Waals surface area (Å²) in [6.07, 6.45) is 3.67.